The van der Waals surface area contributed by atoms with Gasteiger partial charge in [-0.15, -0.1) is 5.59 Å². The second kappa shape index (κ2) is 15.4. The number of aliphatic hydroxyl groups is 1. The quantitative estimate of drug-likeness (QED) is 0.0377. The van der Waals surface area contributed by atoms with Crippen LogP contribution in [0.25, 0.3) is 0 Å². The van der Waals surface area contributed by atoms with Crippen LogP contribution in [0.5, 0.6) is 0 Å². The zero-order valence-electron chi connectivity index (χ0n) is 22.2. The Hall–Kier alpha value is -4.24. The Bertz CT molecular complexity index is 1180. The lowest BCUT2D eigenvalue weighted by molar-refractivity contribution is -0.384. The molecule has 14 heteroatoms. The molecule has 0 saturated heterocycles. The number of non-ortho nitro benzene ring substituents is 1. The normalized spacial score (nSPS) is 14.9. The van der Waals surface area contributed by atoms with Crippen molar-refractivity contribution in [2.75, 3.05) is 6.54 Å². The Kier molecular flexibility index (Phi) is 12.3. The molecule has 2 rings (SSSR count). The predicted octanol–water partition coefficient (Wildman–Crippen LogP) is 0.439. The maximum absolute atomic E-state index is 13.8. The van der Waals surface area contributed by atoms with Gasteiger partial charge in [-0.05, 0) is 37.8 Å². The van der Waals surface area contributed by atoms with Crippen LogP contribution < -0.4 is 27.4 Å². The van der Waals surface area contributed by atoms with Crippen LogP contribution in [0.15, 0.2) is 59.6 Å². The number of nitrogens with two attached hydrogens (primary N) is 1. The lowest BCUT2D eigenvalue weighted by atomic mass is 9.82. The Morgan fingerprint density at radius 3 is 2.33 bits per heavy atom. The first kappa shape index (κ1) is 32.0. The molecule has 2 aromatic rings. The molecule has 0 aliphatic carbocycles. The Labute approximate surface area is 231 Å². The van der Waals surface area contributed by atoms with Crippen LogP contribution in [0.1, 0.15) is 43.9 Å². The predicted molar refractivity (Wildman–Crippen MR) is 146 cm³/mol. The van der Waals surface area contributed by atoms with Crippen molar-refractivity contribution in [2.45, 2.75) is 56.8 Å². The number of nitrogens with zero attached hydrogens (tertiary/aromatic N) is 2. The van der Waals surface area contributed by atoms with Crippen molar-refractivity contribution in [2.24, 2.45) is 10.7 Å². The summed E-state index contributed by atoms with van der Waals surface area (Å²) >= 11 is 0. The fourth-order valence-corrected chi connectivity index (χ4v) is 3.87. The van der Waals surface area contributed by atoms with Crippen LogP contribution in [0.3, 0.4) is 0 Å². The van der Waals surface area contributed by atoms with E-state index < -0.39 is 46.2 Å². The number of aliphatic imine (C=N–C) groups is 1. The first-order valence-electron chi connectivity index (χ1n) is 12.5. The number of hydrazine groups is 1. The summed E-state index contributed by atoms with van der Waals surface area (Å²) < 4.78 is 0. The molecule has 8 N–H and O–H groups in total. The molecule has 2 amide bonds. The molecule has 0 heterocycles. The molecule has 40 heavy (non-hydrogen) atoms. The van der Waals surface area contributed by atoms with E-state index in [-0.39, 0.29) is 25.1 Å². The molecular formula is C26H35N7O7. The first-order chi connectivity index (χ1) is 19.0. The molecule has 1 unspecified atom stereocenters. The van der Waals surface area contributed by atoms with Crippen molar-refractivity contribution in [3.8, 4) is 0 Å². The van der Waals surface area contributed by atoms with Gasteiger partial charge in [0.1, 0.15) is 0 Å². The van der Waals surface area contributed by atoms with Crippen molar-refractivity contribution >= 4 is 29.6 Å². The fraction of sp³-hybridized carbons (Fsp3) is 0.385. The van der Waals surface area contributed by atoms with Crippen LogP contribution in [-0.4, -0.2) is 63.4 Å². The van der Waals surface area contributed by atoms with Crippen LogP contribution in [0.4, 0.5) is 5.69 Å². The van der Waals surface area contributed by atoms with Gasteiger partial charge >= 0.3 is 0 Å². The minimum atomic E-state index is -2.42. The van der Waals surface area contributed by atoms with Crippen molar-refractivity contribution in [1.82, 2.24) is 21.6 Å². The van der Waals surface area contributed by atoms with Crippen molar-refractivity contribution in [1.29, 1.82) is 0 Å². The molecule has 4 atom stereocenters. The van der Waals surface area contributed by atoms with Gasteiger partial charge in [0.15, 0.2) is 11.3 Å². The fourth-order valence-electron chi connectivity index (χ4n) is 3.87. The van der Waals surface area contributed by atoms with Gasteiger partial charge in [-0.3, -0.25) is 40.1 Å². The first-order valence-corrected chi connectivity index (χ1v) is 12.5. The van der Waals surface area contributed by atoms with Crippen molar-refractivity contribution in [3.05, 3.63) is 75.8 Å². The molecule has 0 radical (unpaired) electrons. The summed E-state index contributed by atoms with van der Waals surface area (Å²) in [6.45, 7) is 3.14. The lowest BCUT2D eigenvalue weighted by Crippen LogP contribution is -2.70. The number of Topliss-reactive ketones (excluding diaryl/α,β-unsaturated/α-hetero) is 1. The number of hydrogen-bond donors (Lipinski definition) is 7. The van der Waals surface area contributed by atoms with Crippen molar-refractivity contribution < 1.29 is 29.6 Å². The molecule has 216 valence electrons. The number of nitro groups is 1. The highest BCUT2D eigenvalue weighted by Gasteiger charge is 2.49. The van der Waals surface area contributed by atoms with Gasteiger partial charge in [0, 0.05) is 25.1 Å². The Morgan fingerprint density at radius 1 is 1.10 bits per heavy atom. The van der Waals surface area contributed by atoms with Crippen LogP contribution in [-0.2, 0) is 20.8 Å². The summed E-state index contributed by atoms with van der Waals surface area (Å²) in [4.78, 5) is 54.2. The monoisotopic (exact) mass is 557 g/mol. The third-order valence-electron chi connectivity index (χ3n) is 6.24. The van der Waals surface area contributed by atoms with Crippen molar-refractivity contribution in [3.63, 3.8) is 0 Å². The molecule has 0 aromatic heterocycles. The summed E-state index contributed by atoms with van der Waals surface area (Å²) in [5.74, 6) is -2.39. The number of rotatable bonds is 16. The third kappa shape index (κ3) is 8.91. The maximum atomic E-state index is 13.8. The average molecular weight is 558 g/mol. The number of hydrogen-bond acceptors (Lipinski definition) is 10. The minimum Gasteiger partial charge on any atom is -0.390 e. The van der Waals surface area contributed by atoms with Crippen LogP contribution >= 0.6 is 0 Å². The van der Waals surface area contributed by atoms with E-state index in [0.717, 1.165) is 5.56 Å². The SMILES string of the molecule is CC(NC(=O)[C@](N)(C(=O)[C@H](Cc1ccc([N+](=O)[O-])cc1)NC(=O)CCCN=CNNO)[C@H](C)O)c1ccccc1. The summed E-state index contributed by atoms with van der Waals surface area (Å²) in [7, 11) is 0. The van der Waals surface area contributed by atoms with Gasteiger partial charge < -0.3 is 21.5 Å². The smallest absolute Gasteiger partial charge is 0.269 e. The maximum Gasteiger partial charge on any atom is 0.269 e. The molecule has 0 bridgehead atoms. The molecule has 0 spiro atoms. The number of carbonyl (C=O) groups excluding carboxylic acids is 3. The minimum absolute atomic E-state index is 0.0303. The van der Waals surface area contributed by atoms with Gasteiger partial charge in [-0.1, -0.05) is 42.5 Å². The van der Waals surface area contributed by atoms with Crippen LogP contribution in [0.2, 0.25) is 0 Å². The molecule has 2 aromatic carbocycles. The van der Waals surface area contributed by atoms with Gasteiger partial charge in [-0.2, -0.15) is 0 Å². The van der Waals surface area contributed by atoms with Gasteiger partial charge in [-0.25, -0.2) is 0 Å². The molecule has 0 aliphatic rings. The summed E-state index contributed by atoms with van der Waals surface area (Å²) in [6, 6.07) is 12.4. The summed E-state index contributed by atoms with van der Waals surface area (Å²) in [6.07, 6.45) is -0.301. The van der Waals surface area contributed by atoms with Gasteiger partial charge in [0.2, 0.25) is 5.91 Å². The highest BCUT2D eigenvalue weighted by molar-refractivity contribution is 6.14. The van der Waals surface area contributed by atoms with Gasteiger partial charge in [0.25, 0.3) is 11.6 Å². The van der Waals surface area contributed by atoms with E-state index >= 15 is 0 Å². The Morgan fingerprint density at radius 2 is 1.75 bits per heavy atom. The van der Waals surface area contributed by atoms with E-state index in [0.29, 0.717) is 12.0 Å². The number of carbonyl (C=O) groups is 3. The third-order valence-corrected chi connectivity index (χ3v) is 6.24. The molecular weight excluding hydrogens is 522 g/mol. The van der Waals surface area contributed by atoms with E-state index in [1.807, 2.05) is 6.07 Å². The summed E-state index contributed by atoms with van der Waals surface area (Å²) in [5.41, 5.74) is 8.85. The zero-order chi connectivity index (χ0) is 29.7. The van der Waals surface area contributed by atoms with Crippen LogP contribution in [0, 0.1) is 10.1 Å². The Balaban J connectivity index is 2.28. The van der Waals surface area contributed by atoms with E-state index in [2.05, 4.69) is 21.1 Å². The topological polar surface area (TPSA) is 221 Å². The second-order valence-electron chi connectivity index (χ2n) is 9.16. The highest BCUT2D eigenvalue weighted by atomic mass is 16.6. The van der Waals surface area contributed by atoms with E-state index in [4.69, 9.17) is 10.9 Å². The number of nitro benzene ring substituents is 1. The molecule has 0 fully saturated rings. The van der Waals surface area contributed by atoms with E-state index in [1.165, 1.54) is 37.5 Å². The number of ketones is 1. The zero-order valence-corrected chi connectivity index (χ0v) is 22.2. The molecule has 0 saturated carbocycles. The molecule has 14 nitrogen and oxygen atoms in total. The lowest BCUT2D eigenvalue weighted by Gasteiger charge is -2.34. The second-order valence-corrected chi connectivity index (χ2v) is 9.16. The largest absolute Gasteiger partial charge is 0.390 e. The van der Waals surface area contributed by atoms with Gasteiger partial charge in [0.05, 0.1) is 29.4 Å². The standard InChI is InChI=1S/C26H35N7O7/c1-17(20-7-4-3-5-8-20)30-25(37)26(27,18(2)34)24(36)22(15-19-10-12-21(13-11-19)33(39)40)31-23(35)9-6-14-28-16-29-32-38/h3-5,7-8,10-13,16-18,22,32,34,38H,6,9,14-15,27H2,1-2H3,(H,28,29)(H,30,37)(H,31,35)/t17?,18-,22-,26+/m0/s1. The molecule has 0 aliphatic heterocycles. The number of amides is 2. The number of benzene rings is 2. The number of aliphatic hydroxyl groups excluding tert-OH is 1. The van der Waals surface area contributed by atoms with E-state index in [1.54, 1.807) is 36.8 Å². The number of nitrogens with one attached hydrogen (secondary N) is 4. The average Bonchev–Trinajstić information content (AvgIpc) is 2.94. The highest BCUT2D eigenvalue weighted by Crippen LogP contribution is 2.20. The summed E-state index contributed by atoms with van der Waals surface area (Å²) in [5, 5.41) is 35.3. The van der Waals surface area contributed by atoms with E-state index in [9.17, 15) is 29.6 Å².